The molecule has 2 aliphatic heterocycles. The molecular weight excluding hydrogens is 492 g/mol. The smallest absolute Gasteiger partial charge is 0.371 e. The minimum Gasteiger partial charge on any atom is -0.507 e. The highest BCUT2D eigenvalue weighted by atomic mass is 16.7. The lowest BCUT2D eigenvalue weighted by atomic mass is 9.87. The number of ether oxygens (including phenoxy) is 3. The molecule has 0 radical (unpaired) electrons. The molecule has 3 aliphatic rings. The predicted molar refractivity (Wildman–Crippen MR) is 121 cm³/mol. The van der Waals surface area contributed by atoms with Gasteiger partial charge in [0.1, 0.15) is 11.1 Å². The zero-order valence-electron chi connectivity index (χ0n) is 18.9. The predicted octanol–water partition coefficient (Wildman–Crippen LogP) is 2.17. The number of carboxylic acid groups (broad SMARTS) is 1. The molecule has 0 bridgehead atoms. The van der Waals surface area contributed by atoms with E-state index in [2.05, 4.69) is 0 Å². The van der Waals surface area contributed by atoms with Crippen LogP contribution in [0.5, 0.6) is 28.7 Å². The second kappa shape index (κ2) is 7.26. The Morgan fingerprint density at radius 2 is 1.73 bits per heavy atom. The molecule has 6 rings (SSSR count). The van der Waals surface area contributed by atoms with Gasteiger partial charge in [0.25, 0.3) is 5.79 Å². The molecule has 4 N–H and O–H groups in total. The molecule has 0 unspecified atom stereocenters. The Balaban J connectivity index is 1.45. The van der Waals surface area contributed by atoms with E-state index >= 15 is 0 Å². The van der Waals surface area contributed by atoms with E-state index in [0.29, 0.717) is 5.56 Å². The average Bonchev–Trinajstić information content (AvgIpc) is 3.23. The number of carbonyl (C=O) groups excluding carboxylic acids is 2. The van der Waals surface area contributed by atoms with E-state index in [-0.39, 0.29) is 58.4 Å². The van der Waals surface area contributed by atoms with E-state index in [9.17, 15) is 34.5 Å². The van der Waals surface area contributed by atoms with Crippen molar-refractivity contribution in [1.29, 1.82) is 0 Å². The third-order valence-electron chi connectivity index (χ3n) is 6.74. The Labute approximate surface area is 205 Å². The highest BCUT2D eigenvalue weighted by molar-refractivity contribution is 6.26. The Hall–Kier alpha value is -5.00. The molecule has 188 valence electrons. The van der Waals surface area contributed by atoms with Crippen LogP contribution in [0.25, 0.3) is 10.8 Å². The molecule has 37 heavy (non-hydrogen) atoms. The first kappa shape index (κ1) is 22.5. The summed E-state index contributed by atoms with van der Waals surface area (Å²) in [4.78, 5) is 49.0. The highest BCUT2D eigenvalue weighted by Gasteiger charge is 2.50. The van der Waals surface area contributed by atoms with E-state index in [4.69, 9.17) is 23.7 Å². The number of allylic oxidation sites excluding steroid dienone is 2. The lowest BCUT2D eigenvalue weighted by molar-refractivity contribution is -0.112. The Kier molecular flexibility index (Phi) is 4.41. The van der Waals surface area contributed by atoms with Gasteiger partial charge in [-0.05, 0) is 29.5 Å². The molecule has 12 nitrogen and oxygen atoms in total. The van der Waals surface area contributed by atoms with Crippen molar-refractivity contribution in [3.8, 4) is 28.7 Å². The molecule has 12 heteroatoms. The quantitative estimate of drug-likeness (QED) is 0.370. The van der Waals surface area contributed by atoms with Crippen LogP contribution in [0.15, 0.2) is 33.2 Å². The number of rotatable bonds is 2. The zero-order chi connectivity index (χ0) is 26.4. The summed E-state index contributed by atoms with van der Waals surface area (Å²) in [5.41, 5.74) is -1.46. The van der Waals surface area contributed by atoms with Crippen LogP contribution in [0.2, 0.25) is 0 Å². The summed E-state index contributed by atoms with van der Waals surface area (Å²) >= 11 is 0. The van der Waals surface area contributed by atoms with Crippen LogP contribution >= 0.6 is 0 Å². The number of benzene rings is 2. The number of hydrogen-bond donors (Lipinski definition) is 4. The molecule has 0 fully saturated rings. The van der Waals surface area contributed by atoms with Crippen molar-refractivity contribution in [1.82, 2.24) is 0 Å². The number of phenols is 3. The number of carboxylic acids is 1. The van der Waals surface area contributed by atoms with E-state index in [1.807, 2.05) is 0 Å². The van der Waals surface area contributed by atoms with Gasteiger partial charge in [-0.2, -0.15) is 0 Å². The number of ketones is 2. The second-order valence-electron chi connectivity index (χ2n) is 8.83. The first-order chi connectivity index (χ1) is 17.5. The molecule has 0 saturated carbocycles. The number of carbonyl (C=O) groups is 3. The fraction of sp³-hybridized carbons (Fsp3) is 0.200. The highest BCUT2D eigenvalue weighted by Crippen LogP contribution is 2.55. The monoisotopic (exact) mass is 508 g/mol. The van der Waals surface area contributed by atoms with E-state index in [0.717, 1.165) is 12.1 Å². The topological polar surface area (TPSA) is 190 Å². The fourth-order valence-electron chi connectivity index (χ4n) is 5.05. The van der Waals surface area contributed by atoms with E-state index in [1.165, 1.54) is 13.2 Å². The summed E-state index contributed by atoms with van der Waals surface area (Å²) in [6, 6.07) is 2.61. The standard InChI is InChI=1S/C25H16O12/c1-34-12-6-11(26)15-16(18(12)28)20(30)22-10(17(15)27)7-25(37-22)3-2-8-4-9-5-13(23(31)32)35-24(33)14(9)19(29)21(8)36-25/h4-6,27,29-30H,2-3,7H2,1H3,(H,31,32)/t25-/m0/s1. The molecule has 1 aliphatic carbocycles. The van der Waals surface area contributed by atoms with Gasteiger partial charge in [0, 0.05) is 18.1 Å². The molecule has 1 aromatic heterocycles. The summed E-state index contributed by atoms with van der Waals surface area (Å²) in [5.74, 6) is -7.68. The number of aromatic carboxylic acids is 1. The molecule has 0 saturated heterocycles. The normalized spacial score (nSPS) is 19.5. The fourth-order valence-corrected chi connectivity index (χ4v) is 5.05. The second-order valence-corrected chi connectivity index (χ2v) is 8.83. The van der Waals surface area contributed by atoms with Crippen LogP contribution in [0.1, 0.15) is 48.8 Å². The Morgan fingerprint density at radius 3 is 2.43 bits per heavy atom. The molecule has 2 aromatic carbocycles. The molecule has 0 amide bonds. The SMILES string of the molecule is COC1=CC(=O)c2c(O)c3c(c(O)c2C1=O)O[C@@]1(CCc2cc4cc(C(=O)O)oc(=O)c4c(O)c2O1)C3. The maximum Gasteiger partial charge on any atom is 0.371 e. The first-order valence-corrected chi connectivity index (χ1v) is 10.9. The van der Waals surface area contributed by atoms with Crippen molar-refractivity contribution in [2.75, 3.05) is 7.11 Å². The number of Topliss-reactive ketones (excluding diaryl/α,β-unsaturated/α-hetero) is 1. The summed E-state index contributed by atoms with van der Waals surface area (Å²) in [6.45, 7) is 0. The number of methoxy groups -OCH3 is 1. The van der Waals surface area contributed by atoms with Gasteiger partial charge in [0.15, 0.2) is 34.5 Å². The van der Waals surface area contributed by atoms with E-state index in [1.54, 1.807) is 0 Å². The Morgan fingerprint density at radius 1 is 1.00 bits per heavy atom. The molecule has 3 aromatic rings. The number of hydrogen-bond acceptors (Lipinski definition) is 11. The van der Waals surface area contributed by atoms with Gasteiger partial charge in [-0.3, -0.25) is 9.59 Å². The van der Waals surface area contributed by atoms with Gasteiger partial charge >= 0.3 is 11.6 Å². The largest absolute Gasteiger partial charge is 0.507 e. The van der Waals surface area contributed by atoms with Crippen LogP contribution < -0.4 is 15.1 Å². The average molecular weight is 508 g/mol. The first-order valence-electron chi connectivity index (χ1n) is 10.9. The van der Waals surface area contributed by atoms with Gasteiger partial charge in [0.2, 0.25) is 11.5 Å². The zero-order valence-corrected chi connectivity index (χ0v) is 18.9. The van der Waals surface area contributed by atoms with Gasteiger partial charge in [0.05, 0.1) is 24.7 Å². The van der Waals surface area contributed by atoms with Gasteiger partial charge in [-0.15, -0.1) is 0 Å². The van der Waals surface area contributed by atoms with Gasteiger partial charge < -0.3 is 39.1 Å². The van der Waals surface area contributed by atoms with Crippen LogP contribution in [-0.2, 0) is 17.6 Å². The van der Waals surface area contributed by atoms with Crippen molar-refractivity contribution in [2.24, 2.45) is 0 Å². The lowest BCUT2D eigenvalue weighted by Gasteiger charge is -2.35. The van der Waals surface area contributed by atoms with Crippen LogP contribution in [0, 0.1) is 0 Å². The number of fused-ring (bicyclic) bond motifs is 4. The third kappa shape index (κ3) is 2.95. The number of aryl methyl sites for hydroxylation is 1. The van der Waals surface area contributed by atoms with Crippen molar-refractivity contribution in [3.63, 3.8) is 0 Å². The molecule has 1 spiro atoms. The maximum atomic E-state index is 12.8. The molecule has 3 heterocycles. The van der Waals surface area contributed by atoms with Crippen molar-refractivity contribution >= 4 is 28.3 Å². The van der Waals surface area contributed by atoms with Crippen LogP contribution in [0.3, 0.4) is 0 Å². The summed E-state index contributed by atoms with van der Waals surface area (Å²) in [7, 11) is 1.18. The van der Waals surface area contributed by atoms with Gasteiger partial charge in [-0.25, -0.2) is 9.59 Å². The minimum atomic E-state index is -1.57. The number of phenolic OH excluding ortho intramolecular Hbond substituents is 3. The van der Waals surface area contributed by atoms with E-state index < -0.39 is 57.5 Å². The summed E-state index contributed by atoms with van der Waals surface area (Å²) in [6.07, 6.45) is 1.12. The number of aromatic hydroxyl groups is 3. The minimum absolute atomic E-state index is 0.0287. The van der Waals surface area contributed by atoms with Gasteiger partial charge in [-0.1, -0.05) is 0 Å². The maximum absolute atomic E-state index is 12.8. The molecular formula is C25H16O12. The lowest BCUT2D eigenvalue weighted by Crippen LogP contribution is -2.44. The van der Waals surface area contributed by atoms with Crippen LogP contribution in [-0.4, -0.2) is 50.9 Å². The molecule has 1 atom stereocenters. The van der Waals surface area contributed by atoms with Crippen LogP contribution in [0.4, 0.5) is 0 Å². The Bertz CT molecular complexity index is 1710. The third-order valence-corrected chi connectivity index (χ3v) is 6.74. The summed E-state index contributed by atoms with van der Waals surface area (Å²) < 4.78 is 21.6. The van der Waals surface area contributed by atoms with Crippen molar-refractivity contribution < 1.29 is 53.4 Å². The van der Waals surface area contributed by atoms with Crippen molar-refractivity contribution in [2.45, 2.75) is 25.0 Å². The summed E-state index contributed by atoms with van der Waals surface area (Å²) in [5, 5.41) is 41.7. The van der Waals surface area contributed by atoms with Crippen molar-refractivity contribution in [3.05, 3.63) is 62.4 Å².